The van der Waals surface area contributed by atoms with E-state index in [2.05, 4.69) is 10.6 Å². The summed E-state index contributed by atoms with van der Waals surface area (Å²) >= 11 is 0. The zero-order valence-corrected chi connectivity index (χ0v) is 7.27. The second-order valence-corrected chi connectivity index (χ2v) is 2.55. The molecule has 1 atom stereocenters. The van der Waals surface area contributed by atoms with E-state index in [1.165, 1.54) is 0 Å². The van der Waals surface area contributed by atoms with E-state index in [0.717, 1.165) is 11.3 Å². The normalized spacial score (nSPS) is 20.2. The standard InChI is InChI=1S/C8H10N2O.ClH/c11-8-6-3-1-2-4-7(6)9-5-10-8;/h1-4,8-11H,5H2;1H. The van der Waals surface area contributed by atoms with Gasteiger partial charge in [-0.2, -0.15) is 0 Å². The molecule has 12 heavy (non-hydrogen) atoms. The quantitative estimate of drug-likeness (QED) is 0.568. The summed E-state index contributed by atoms with van der Waals surface area (Å²) in [5, 5.41) is 15.4. The summed E-state index contributed by atoms with van der Waals surface area (Å²) in [7, 11) is 0. The molecule has 1 aromatic carbocycles. The number of nitrogens with one attached hydrogen (secondary N) is 2. The number of rotatable bonds is 0. The Bertz CT molecular complexity index is 267. The number of benzene rings is 1. The van der Waals surface area contributed by atoms with Gasteiger partial charge in [-0.3, -0.25) is 5.32 Å². The molecule has 0 aromatic heterocycles. The summed E-state index contributed by atoms with van der Waals surface area (Å²) in [6.07, 6.45) is -0.521. The molecular formula is C8H11ClN2O. The van der Waals surface area contributed by atoms with Crippen LogP contribution in [0.1, 0.15) is 11.8 Å². The van der Waals surface area contributed by atoms with Crippen molar-refractivity contribution in [2.75, 3.05) is 12.0 Å². The van der Waals surface area contributed by atoms with Crippen LogP contribution in [0.15, 0.2) is 24.3 Å². The maximum atomic E-state index is 9.41. The molecule has 0 spiro atoms. The minimum absolute atomic E-state index is 0. The van der Waals surface area contributed by atoms with E-state index in [4.69, 9.17) is 0 Å². The molecule has 0 aliphatic carbocycles. The van der Waals surface area contributed by atoms with Crippen LogP contribution in [0.3, 0.4) is 0 Å². The van der Waals surface area contributed by atoms with Gasteiger partial charge in [0, 0.05) is 11.3 Å². The summed E-state index contributed by atoms with van der Waals surface area (Å²) in [6, 6.07) is 7.72. The van der Waals surface area contributed by atoms with Crippen molar-refractivity contribution in [1.29, 1.82) is 0 Å². The summed E-state index contributed by atoms with van der Waals surface area (Å²) < 4.78 is 0. The lowest BCUT2D eigenvalue weighted by Crippen LogP contribution is -2.32. The second-order valence-electron chi connectivity index (χ2n) is 2.55. The van der Waals surface area contributed by atoms with Crippen LogP contribution in [0.2, 0.25) is 0 Å². The van der Waals surface area contributed by atoms with Gasteiger partial charge in [0.25, 0.3) is 0 Å². The molecule has 1 aliphatic heterocycles. The Balaban J connectivity index is 0.000000720. The molecule has 0 amide bonds. The average molecular weight is 187 g/mol. The highest BCUT2D eigenvalue weighted by Crippen LogP contribution is 2.23. The van der Waals surface area contributed by atoms with E-state index >= 15 is 0 Å². The third-order valence-electron chi connectivity index (χ3n) is 1.83. The largest absolute Gasteiger partial charge is 0.374 e. The number of para-hydroxylation sites is 1. The molecule has 1 aliphatic rings. The Morgan fingerprint density at radius 2 is 2.08 bits per heavy atom. The lowest BCUT2D eigenvalue weighted by Gasteiger charge is -2.23. The van der Waals surface area contributed by atoms with Crippen LogP contribution in [0, 0.1) is 0 Å². The first kappa shape index (κ1) is 9.32. The molecule has 0 saturated heterocycles. The second kappa shape index (κ2) is 3.76. The van der Waals surface area contributed by atoms with Crippen LogP contribution in [-0.4, -0.2) is 11.8 Å². The van der Waals surface area contributed by atoms with Crippen molar-refractivity contribution >= 4 is 18.1 Å². The van der Waals surface area contributed by atoms with Crippen molar-refractivity contribution in [3.8, 4) is 0 Å². The molecule has 0 fully saturated rings. The monoisotopic (exact) mass is 186 g/mol. The zero-order valence-electron chi connectivity index (χ0n) is 6.45. The van der Waals surface area contributed by atoms with Crippen molar-refractivity contribution in [2.45, 2.75) is 6.23 Å². The van der Waals surface area contributed by atoms with E-state index in [-0.39, 0.29) is 12.4 Å². The predicted octanol–water partition coefficient (Wildman–Crippen LogP) is 1.07. The van der Waals surface area contributed by atoms with Crippen molar-refractivity contribution in [1.82, 2.24) is 5.32 Å². The van der Waals surface area contributed by atoms with Crippen molar-refractivity contribution in [2.24, 2.45) is 0 Å². The molecule has 1 unspecified atom stereocenters. The van der Waals surface area contributed by atoms with Crippen LogP contribution < -0.4 is 10.6 Å². The molecule has 0 bridgehead atoms. The van der Waals surface area contributed by atoms with Crippen LogP contribution in [0.4, 0.5) is 5.69 Å². The fourth-order valence-electron chi connectivity index (χ4n) is 1.25. The van der Waals surface area contributed by atoms with Gasteiger partial charge in [0.1, 0.15) is 6.23 Å². The van der Waals surface area contributed by atoms with Gasteiger partial charge in [-0.15, -0.1) is 12.4 Å². The van der Waals surface area contributed by atoms with Crippen LogP contribution in [0.5, 0.6) is 0 Å². The SMILES string of the molecule is Cl.OC1NCNc2ccccc21. The minimum Gasteiger partial charge on any atom is -0.374 e. The van der Waals surface area contributed by atoms with Crippen molar-refractivity contribution in [3.63, 3.8) is 0 Å². The highest BCUT2D eigenvalue weighted by molar-refractivity contribution is 5.85. The molecule has 66 valence electrons. The first-order valence-electron chi connectivity index (χ1n) is 3.62. The number of hydrogen-bond donors (Lipinski definition) is 3. The highest BCUT2D eigenvalue weighted by Gasteiger charge is 2.14. The van der Waals surface area contributed by atoms with E-state index < -0.39 is 6.23 Å². The van der Waals surface area contributed by atoms with Crippen LogP contribution in [-0.2, 0) is 0 Å². The summed E-state index contributed by atoms with van der Waals surface area (Å²) in [5.41, 5.74) is 1.93. The maximum Gasteiger partial charge on any atom is 0.134 e. The number of fused-ring (bicyclic) bond motifs is 1. The zero-order chi connectivity index (χ0) is 7.68. The number of anilines is 1. The van der Waals surface area contributed by atoms with Gasteiger partial charge < -0.3 is 10.4 Å². The van der Waals surface area contributed by atoms with Crippen LogP contribution in [0.25, 0.3) is 0 Å². The van der Waals surface area contributed by atoms with Gasteiger partial charge >= 0.3 is 0 Å². The molecule has 0 radical (unpaired) electrons. The minimum atomic E-state index is -0.521. The predicted molar refractivity (Wildman–Crippen MR) is 50.3 cm³/mol. The third kappa shape index (κ3) is 1.53. The lowest BCUT2D eigenvalue weighted by atomic mass is 10.1. The topological polar surface area (TPSA) is 44.3 Å². The van der Waals surface area contributed by atoms with Crippen LogP contribution >= 0.6 is 12.4 Å². The van der Waals surface area contributed by atoms with E-state index in [0.29, 0.717) is 6.67 Å². The first-order chi connectivity index (χ1) is 5.38. The first-order valence-corrected chi connectivity index (χ1v) is 3.62. The molecule has 3 N–H and O–H groups in total. The van der Waals surface area contributed by atoms with Gasteiger partial charge in [-0.25, -0.2) is 0 Å². The van der Waals surface area contributed by atoms with Crippen molar-refractivity contribution in [3.05, 3.63) is 29.8 Å². The highest BCUT2D eigenvalue weighted by atomic mass is 35.5. The van der Waals surface area contributed by atoms with E-state index in [1.807, 2.05) is 24.3 Å². The van der Waals surface area contributed by atoms with Gasteiger partial charge in [-0.1, -0.05) is 18.2 Å². The molecule has 2 rings (SSSR count). The number of halogens is 1. The summed E-state index contributed by atoms with van der Waals surface area (Å²) in [4.78, 5) is 0. The Morgan fingerprint density at radius 1 is 1.33 bits per heavy atom. The van der Waals surface area contributed by atoms with E-state index in [9.17, 15) is 5.11 Å². The third-order valence-corrected chi connectivity index (χ3v) is 1.83. The fraction of sp³-hybridized carbons (Fsp3) is 0.250. The lowest BCUT2D eigenvalue weighted by molar-refractivity contribution is 0.139. The molecule has 4 heteroatoms. The van der Waals surface area contributed by atoms with Gasteiger partial charge in [0.15, 0.2) is 0 Å². The van der Waals surface area contributed by atoms with Gasteiger partial charge in [-0.05, 0) is 6.07 Å². The molecule has 3 nitrogen and oxygen atoms in total. The summed E-state index contributed by atoms with van der Waals surface area (Å²) in [5.74, 6) is 0. The maximum absolute atomic E-state index is 9.41. The fourth-order valence-corrected chi connectivity index (χ4v) is 1.25. The van der Waals surface area contributed by atoms with Gasteiger partial charge in [0.2, 0.25) is 0 Å². The molecule has 0 saturated carbocycles. The molecule has 1 aromatic rings. The Labute approximate surface area is 77.2 Å². The van der Waals surface area contributed by atoms with E-state index in [1.54, 1.807) is 0 Å². The van der Waals surface area contributed by atoms with Crippen molar-refractivity contribution < 1.29 is 5.11 Å². The Morgan fingerprint density at radius 3 is 2.83 bits per heavy atom. The molecular weight excluding hydrogens is 176 g/mol. The molecule has 1 heterocycles. The smallest absolute Gasteiger partial charge is 0.134 e. The Hall–Kier alpha value is -0.770. The Kier molecular flexibility index (Phi) is 2.92. The number of hydrogen-bond acceptors (Lipinski definition) is 3. The van der Waals surface area contributed by atoms with Gasteiger partial charge in [0.05, 0.1) is 6.67 Å². The number of aliphatic hydroxyl groups is 1. The average Bonchev–Trinajstić information content (AvgIpc) is 2.06. The summed E-state index contributed by atoms with van der Waals surface area (Å²) in [6.45, 7) is 0.623. The number of aliphatic hydroxyl groups excluding tert-OH is 1.